The lowest BCUT2D eigenvalue weighted by molar-refractivity contribution is -0.117. The summed E-state index contributed by atoms with van der Waals surface area (Å²) in [4.78, 5) is 24.1. The van der Waals surface area contributed by atoms with Gasteiger partial charge in [-0.05, 0) is 51.9 Å². The summed E-state index contributed by atoms with van der Waals surface area (Å²) in [6, 6.07) is 9.19. The van der Waals surface area contributed by atoms with Crippen LogP contribution in [-0.4, -0.2) is 64.1 Å². The SMILES string of the molecule is CCC(C)N(C)CNc1cccc(-c2cc(F)cc3nc(C)n(CCCN(C)C=O)c23)n1. The van der Waals surface area contributed by atoms with Crippen molar-refractivity contribution in [2.24, 2.45) is 0 Å². The molecule has 3 aromatic rings. The van der Waals surface area contributed by atoms with Gasteiger partial charge in [-0.15, -0.1) is 0 Å². The summed E-state index contributed by atoms with van der Waals surface area (Å²) in [6.07, 6.45) is 2.66. The highest BCUT2D eigenvalue weighted by atomic mass is 19.1. The van der Waals surface area contributed by atoms with Gasteiger partial charge in [0.25, 0.3) is 0 Å². The van der Waals surface area contributed by atoms with Gasteiger partial charge in [0.1, 0.15) is 17.5 Å². The van der Waals surface area contributed by atoms with Gasteiger partial charge >= 0.3 is 0 Å². The fourth-order valence-electron chi connectivity index (χ4n) is 3.71. The number of hydrogen-bond donors (Lipinski definition) is 1. The number of rotatable bonds is 11. The maximum atomic E-state index is 14.5. The van der Waals surface area contributed by atoms with E-state index in [1.807, 2.05) is 25.1 Å². The second-order valence-corrected chi connectivity index (χ2v) is 8.33. The van der Waals surface area contributed by atoms with Gasteiger partial charge in [0.2, 0.25) is 6.41 Å². The van der Waals surface area contributed by atoms with Crippen LogP contribution in [0.2, 0.25) is 0 Å². The molecule has 172 valence electrons. The van der Waals surface area contributed by atoms with Crippen LogP contribution in [0.1, 0.15) is 32.5 Å². The molecule has 32 heavy (non-hydrogen) atoms. The molecule has 0 aliphatic rings. The maximum absolute atomic E-state index is 14.5. The van der Waals surface area contributed by atoms with E-state index in [1.54, 1.807) is 11.9 Å². The molecule has 8 heteroatoms. The highest BCUT2D eigenvalue weighted by Crippen LogP contribution is 2.30. The average Bonchev–Trinajstić information content (AvgIpc) is 3.10. The Hall–Kier alpha value is -3.00. The first-order valence-electron chi connectivity index (χ1n) is 11.1. The highest BCUT2D eigenvalue weighted by molar-refractivity contribution is 5.92. The first-order chi connectivity index (χ1) is 15.3. The lowest BCUT2D eigenvalue weighted by Gasteiger charge is -2.24. The number of amides is 1. The van der Waals surface area contributed by atoms with Crippen LogP contribution in [0.3, 0.4) is 0 Å². The number of halogens is 1. The fraction of sp³-hybridized carbons (Fsp3) is 0.458. The second kappa shape index (κ2) is 10.5. The Morgan fingerprint density at radius 1 is 1.25 bits per heavy atom. The molecule has 1 amide bonds. The summed E-state index contributed by atoms with van der Waals surface area (Å²) >= 11 is 0. The predicted octanol–water partition coefficient (Wildman–Crippen LogP) is 4.12. The monoisotopic (exact) mass is 440 g/mol. The van der Waals surface area contributed by atoms with Gasteiger partial charge < -0.3 is 14.8 Å². The van der Waals surface area contributed by atoms with Crippen molar-refractivity contribution in [3.05, 3.63) is 42.0 Å². The molecule has 0 saturated carbocycles. The van der Waals surface area contributed by atoms with Crippen LogP contribution >= 0.6 is 0 Å². The summed E-state index contributed by atoms with van der Waals surface area (Å²) in [5.74, 6) is 1.21. The van der Waals surface area contributed by atoms with Crippen LogP contribution in [0.15, 0.2) is 30.3 Å². The number of hydrogen-bond acceptors (Lipinski definition) is 5. The van der Waals surface area contributed by atoms with Gasteiger partial charge in [0, 0.05) is 37.8 Å². The average molecular weight is 441 g/mol. The van der Waals surface area contributed by atoms with Crippen molar-refractivity contribution in [1.29, 1.82) is 0 Å². The number of nitrogens with one attached hydrogen (secondary N) is 1. The van der Waals surface area contributed by atoms with Crippen molar-refractivity contribution < 1.29 is 9.18 Å². The van der Waals surface area contributed by atoms with E-state index >= 15 is 0 Å². The molecule has 0 fully saturated rings. The van der Waals surface area contributed by atoms with E-state index in [2.05, 4.69) is 40.7 Å². The summed E-state index contributed by atoms with van der Waals surface area (Å²) < 4.78 is 16.5. The van der Waals surface area contributed by atoms with E-state index in [0.717, 1.165) is 36.4 Å². The Morgan fingerprint density at radius 3 is 2.75 bits per heavy atom. The van der Waals surface area contributed by atoms with Gasteiger partial charge in [-0.3, -0.25) is 9.69 Å². The van der Waals surface area contributed by atoms with Crippen molar-refractivity contribution in [2.75, 3.05) is 32.6 Å². The van der Waals surface area contributed by atoms with E-state index in [-0.39, 0.29) is 5.82 Å². The largest absolute Gasteiger partial charge is 0.357 e. The Morgan fingerprint density at radius 2 is 2.03 bits per heavy atom. The lowest BCUT2D eigenvalue weighted by Crippen LogP contribution is -2.33. The lowest BCUT2D eigenvalue weighted by atomic mass is 10.1. The van der Waals surface area contributed by atoms with Gasteiger partial charge in [-0.2, -0.15) is 0 Å². The third-order valence-corrected chi connectivity index (χ3v) is 5.95. The normalized spacial score (nSPS) is 12.3. The molecule has 0 spiro atoms. The van der Waals surface area contributed by atoms with E-state index in [4.69, 9.17) is 4.98 Å². The van der Waals surface area contributed by atoms with Crippen molar-refractivity contribution in [2.45, 2.75) is 46.2 Å². The molecule has 1 atom stereocenters. The van der Waals surface area contributed by atoms with Gasteiger partial charge in [0.15, 0.2) is 0 Å². The van der Waals surface area contributed by atoms with E-state index in [9.17, 15) is 9.18 Å². The Kier molecular flexibility index (Phi) is 7.80. The van der Waals surface area contributed by atoms with E-state index < -0.39 is 0 Å². The molecule has 1 aromatic carbocycles. The predicted molar refractivity (Wildman–Crippen MR) is 127 cm³/mol. The third-order valence-electron chi connectivity index (χ3n) is 5.95. The van der Waals surface area contributed by atoms with Crippen LogP contribution in [0.5, 0.6) is 0 Å². The van der Waals surface area contributed by atoms with Gasteiger partial charge in [0.05, 0.1) is 23.4 Å². The van der Waals surface area contributed by atoms with Crippen molar-refractivity contribution in [3.8, 4) is 11.3 Å². The summed E-state index contributed by atoms with van der Waals surface area (Å²) in [6.45, 7) is 8.26. The Labute approximate surface area is 189 Å². The minimum Gasteiger partial charge on any atom is -0.357 e. The van der Waals surface area contributed by atoms with Crippen molar-refractivity contribution in [1.82, 2.24) is 24.3 Å². The molecule has 0 radical (unpaired) electrons. The first-order valence-corrected chi connectivity index (χ1v) is 11.1. The molecule has 0 aliphatic heterocycles. The number of imidazole rings is 1. The molecule has 1 unspecified atom stereocenters. The molecule has 2 heterocycles. The Bertz CT molecular complexity index is 1070. The quantitative estimate of drug-likeness (QED) is 0.359. The second-order valence-electron chi connectivity index (χ2n) is 8.33. The maximum Gasteiger partial charge on any atom is 0.209 e. The molecule has 2 aromatic heterocycles. The zero-order chi connectivity index (χ0) is 23.3. The highest BCUT2D eigenvalue weighted by Gasteiger charge is 2.16. The Balaban J connectivity index is 1.93. The summed E-state index contributed by atoms with van der Waals surface area (Å²) in [7, 11) is 3.83. The molecule has 0 saturated heterocycles. The fourth-order valence-corrected chi connectivity index (χ4v) is 3.71. The third kappa shape index (κ3) is 5.43. The van der Waals surface area contributed by atoms with Crippen LogP contribution in [0, 0.1) is 12.7 Å². The summed E-state index contributed by atoms with van der Waals surface area (Å²) in [5, 5.41) is 3.37. The first kappa shape index (κ1) is 23.7. The van der Waals surface area contributed by atoms with Crippen molar-refractivity contribution in [3.63, 3.8) is 0 Å². The minimum absolute atomic E-state index is 0.338. The number of aryl methyl sites for hydroxylation is 2. The summed E-state index contributed by atoms with van der Waals surface area (Å²) in [5.41, 5.74) is 2.87. The standard InChI is InChI=1S/C24H33FN6O/c1-6-17(2)30(5)15-26-23-10-7-9-21(28-23)20-13-19(25)14-22-24(20)31(18(3)27-22)12-8-11-29(4)16-32/h7,9-10,13-14,16-17H,6,8,11-12,15H2,1-5H3,(H,26,28). The number of carbonyl (C=O) groups is 1. The van der Waals surface area contributed by atoms with Crippen LogP contribution in [0.25, 0.3) is 22.3 Å². The minimum atomic E-state index is -0.338. The van der Waals surface area contributed by atoms with Gasteiger partial charge in [-0.25, -0.2) is 14.4 Å². The zero-order valence-electron chi connectivity index (χ0n) is 19.6. The number of anilines is 1. The smallest absolute Gasteiger partial charge is 0.209 e. The van der Waals surface area contributed by atoms with Crippen LogP contribution in [0.4, 0.5) is 10.2 Å². The number of fused-ring (bicyclic) bond motifs is 1. The molecule has 3 rings (SSSR count). The van der Waals surface area contributed by atoms with Crippen LogP contribution < -0.4 is 5.32 Å². The number of benzene rings is 1. The van der Waals surface area contributed by atoms with E-state index in [0.29, 0.717) is 42.6 Å². The topological polar surface area (TPSA) is 66.3 Å². The molecule has 1 N–H and O–H groups in total. The molecule has 0 aliphatic carbocycles. The number of carbonyl (C=O) groups excluding carboxylic acids is 1. The van der Waals surface area contributed by atoms with Gasteiger partial charge in [-0.1, -0.05) is 13.0 Å². The zero-order valence-corrected chi connectivity index (χ0v) is 19.6. The van der Waals surface area contributed by atoms with Crippen LogP contribution in [-0.2, 0) is 11.3 Å². The number of pyridine rings is 1. The number of aromatic nitrogens is 3. The van der Waals surface area contributed by atoms with Crippen molar-refractivity contribution >= 4 is 23.3 Å². The molecule has 7 nitrogen and oxygen atoms in total. The van der Waals surface area contributed by atoms with E-state index in [1.165, 1.54) is 12.1 Å². The molecule has 0 bridgehead atoms. The molecular weight excluding hydrogens is 407 g/mol. The number of nitrogens with zero attached hydrogens (tertiary/aromatic N) is 5. The molecular formula is C24H33FN6O.